The number of hydrogen-bond acceptors (Lipinski definition) is 3. The van der Waals surface area contributed by atoms with Crippen molar-refractivity contribution in [2.45, 2.75) is 46.0 Å². The molecule has 3 nitrogen and oxygen atoms in total. The maximum atomic E-state index is 8.62. The molecule has 3 heteroatoms. The molecule has 3 aromatic heterocycles. The van der Waals surface area contributed by atoms with Gasteiger partial charge in [-0.1, -0.05) is 441 Å². The van der Waals surface area contributed by atoms with Gasteiger partial charge in [-0.3, -0.25) is 0 Å². The van der Waals surface area contributed by atoms with Crippen molar-refractivity contribution in [2.24, 2.45) is 0 Å². The summed E-state index contributed by atoms with van der Waals surface area (Å²) in [5, 5.41) is 20.9. The highest BCUT2D eigenvalue weighted by molar-refractivity contribution is 6.30. The van der Waals surface area contributed by atoms with Crippen LogP contribution in [0.2, 0.25) is 0 Å². The molecular weight excluding hydrogens is 1500 g/mol. The van der Waals surface area contributed by atoms with Crippen LogP contribution in [0.15, 0.2) is 438 Å². The molecule has 0 N–H and O–H groups in total. The van der Waals surface area contributed by atoms with E-state index in [2.05, 4.69) is 393 Å². The van der Waals surface area contributed by atoms with E-state index >= 15 is 0 Å². The quantitative estimate of drug-likeness (QED) is 0.128. The highest BCUT2D eigenvalue weighted by atomic mass is 16.3. The zero-order valence-corrected chi connectivity index (χ0v) is 69.3. The van der Waals surface area contributed by atoms with E-state index in [-0.39, 0.29) is 35.1 Å². The zero-order valence-electron chi connectivity index (χ0n) is 74.3. The summed E-state index contributed by atoms with van der Waals surface area (Å²) >= 11 is 0. The molecule has 0 saturated carbocycles. The van der Waals surface area contributed by atoms with Gasteiger partial charge in [0.2, 0.25) is 0 Å². The lowest BCUT2D eigenvalue weighted by molar-refractivity contribution is 0.590. The first kappa shape index (κ1) is 69.4. The summed E-state index contributed by atoms with van der Waals surface area (Å²) in [5.41, 5.74) is 27.2. The molecule has 0 saturated heterocycles. The van der Waals surface area contributed by atoms with Crippen LogP contribution in [0.25, 0.3) is 231 Å². The van der Waals surface area contributed by atoms with E-state index in [0.717, 1.165) is 104 Å². The molecule has 24 rings (SSSR count). The normalized spacial score (nSPS) is 12.4. The van der Waals surface area contributed by atoms with Crippen molar-refractivity contribution in [2.75, 3.05) is 0 Å². The van der Waals surface area contributed by atoms with Gasteiger partial charge in [-0.15, -0.1) is 0 Å². The smallest absolute Gasteiger partial charge is 0.143 e. The number of furan rings is 3. The van der Waals surface area contributed by atoms with Gasteiger partial charge in [0, 0.05) is 49.0 Å². The van der Waals surface area contributed by atoms with E-state index in [9.17, 15) is 0 Å². The number of fused-ring (bicyclic) bond motifs is 15. The Labute approximate surface area is 727 Å². The lowest BCUT2D eigenvalue weighted by Gasteiger charge is -2.19. The fraction of sp³-hybridized carbons (Fsp3) is 0.0579. The van der Waals surface area contributed by atoms with Crippen molar-refractivity contribution >= 4 is 130 Å². The monoisotopic (exact) mass is 1590 g/mol. The highest BCUT2D eigenvalue weighted by Gasteiger charge is 2.27. The van der Waals surface area contributed by atoms with Gasteiger partial charge in [-0.05, 0) is 189 Å². The molecule has 0 atom stereocenters. The Morgan fingerprint density at radius 1 is 0.218 bits per heavy atom. The number of para-hydroxylation sites is 3. The predicted octanol–water partition coefficient (Wildman–Crippen LogP) is 35.1. The van der Waals surface area contributed by atoms with E-state index in [1.165, 1.54) is 115 Å². The van der Waals surface area contributed by atoms with Crippen LogP contribution < -0.4 is 0 Å². The first-order valence-corrected chi connectivity index (χ1v) is 42.7. The fourth-order valence-corrected chi connectivity index (χ4v) is 19.4. The number of benzene rings is 21. The Kier molecular flexibility index (Phi) is 17.3. The van der Waals surface area contributed by atoms with Crippen molar-refractivity contribution < 1.29 is 20.1 Å². The highest BCUT2D eigenvalue weighted by Crippen LogP contribution is 2.53. The minimum atomic E-state index is -0.416. The molecule has 0 bridgehead atoms. The Hall–Kier alpha value is -15.4. The van der Waals surface area contributed by atoms with Gasteiger partial charge in [0.25, 0.3) is 0 Å². The lowest BCUT2D eigenvalue weighted by Crippen LogP contribution is -2.10. The maximum Gasteiger partial charge on any atom is 0.143 e. The van der Waals surface area contributed by atoms with Gasteiger partial charge in [0.1, 0.15) is 33.5 Å². The standard InChI is InChI=1S/C42H32O.C41H30O.C38H24O/c1-42(2,3)29-17-11-16-28(26-29)30-22-12-24-36-40-35(23-13-25-37(40)43-41(30)36)39-33-20-9-7-18-31(33)38(27-14-5-4-6-15-27)32-19-8-10-21-34(32)39;1-26(2)28-15-10-16-29(25-28)30-21-11-23-36-40-35(22-12-24-37(40)42-41(30)36)39-33-19-8-6-17-31(33)38(27-13-4-3-5-14-27)32-18-7-9-20-34(32)39;1-3-13-25(14-4-1)27-21-11-23-33-37-32(22-12-24-34(37)39-38(27)33)36-30-19-9-7-17-28(30)35(26-15-5-2-6-16-26)29-18-8-10-20-31(29)36/h4-26H,1-3H3;3-26H,1-2H3;1-24H/i;;1D,3D,4D,13D,14D. The van der Waals surface area contributed by atoms with Crippen molar-refractivity contribution in [1.29, 1.82) is 0 Å². The molecule has 0 spiro atoms. The number of rotatable bonds is 10. The lowest BCUT2D eigenvalue weighted by atomic mass is 9.84. The third-order valence-corrected chi connectivity index (χ3v) is 25.0. The molecule has 0 radical (unpaired) electrons. The van der Waals surface area contributed by atoms with E-state index < -0.39 is 6.04 Å². The molecule has 0 unspecified atom stereocenters. The van der Waals surface area contributed by atoms with E-state index in [1.807, 2.05) is 30.3 Å². The third-order valence-electron chi connectivity index (χ3n) is 25.0. The fourth-order valence-electron chi connectivity index (χ4n) is 19.4. The summed E-state index contributed by atoms with van der Waals surface area (Å²) < 4.78 is 61.7. The molecule has 124 heavy (non-hydrogen) atoms. The molecule has 0 aliphatic carbocycles. The Balaban J connectivity index is 0.000000114. The summed E-state index contributed by atoms with van der Waals surface area (Å²) in [7, 11) is 0. The topological polar surface area (TPSA) is 39.4 Å². The van der Waals surface area contributed by atoms with Crippen LogP contribution in [-0.4, -0.2) is 0 Å². The van der Waals surface area contributed by atoms with Gasteiger partial charge in [-0.2, -0.15) is 0 Å². The maximum absolute atomic E-state index is 8.62. The first-order chi connectivity index (χ1) is 63.1. The largest absolute Gasteiger partial charge is 0.455 e. The average molecular weight is 1590 g/mol. The number of hydrogen-bond donors (Lipinski definition) is 0. The van der Waals surface area contributed by atoms with Gasteiger partial charge >= 0.3 is 0 Å². The zero-order chi connectivity index (χ0) is 87.5. The van der Waals surface area contributed by atoms with Crippen LogP contribution in [0.4, 0.5) is 0 Å². The molecule has 0 fully saturated rings. The molecule has 588 valence electrons. The van der Waals surface area contributed by atoms with E-state index in [4.69, 9.17) is 20.1 Å². The second-order valence-corrected chi connectivity index (χ2v) is 33.6. The van der Waals surface area contributed by atoms with Crippen LogP contribution in [-0.2, 0) is 5.41 Å². The van der Waals surface area contributed by atoms with Gasteiger partial charge < -0.3 is 13.3 Å². The average Bonchev–Trinajstić information content (AvgIpc) is 1.29. The summed E-state index contributed by atoms with van der Waals surface area (Å²) in [6.07, 6.45) is 0. The van der Waals surface area contributed by atoms with Crippen molar-refractivity contribution in [1.82, 2.24) is 0 Å². The summed E-state index contributed by atoms with van der Waals surface area (Å²) in [6, 6.07) is 138. The van der Waals surface area contributed by atoms with Crippen molar-refractivity contribution in [3.63, 3.8) is 0 Å². The molecule has 0 amide bonds. The molecule has 21 aromatic carbocycles. The van der Waals surface area contributed by atoms with Gasteiger partial charge in [0.05, 0.1) is 6.85 Å². The summed E-state index contributed by atoms with van der Waals surface area (Å²) in [4.78, 5) is 0. The SMILES string of the molecule is CC(C)(C)c1cccc(-c2cccc3c2oc2cccc(-c4c5ccccc5c(-c5ccccc5)c5ccccc45)c23)c1.CC(C)c1cccc(-c2cccc3c2oc2cccc(-c4c5ccccc5c(-c5ccccc5)c5ccccc45)c23)c1.[2H]c1c([2H])c([2H])c(-c2cccc3c2oc2cccc(-c4c5ccccc5c(-c5ccccc5)c5ccccc45)c23)c([2H])c1[2H]. The minimum Gasteiger partial charge on any atom is -0.455 e. The summed E-state index contributed by atoms with van der Waals surface area (Å²) in [6.45, 7) is 11.3. The Bertz CT molecular complexity index is 8430. The third kappa shape index (κ3) is 12.8. The van der Waals surface area contributed by atoms with E-state index in [0.29, 0.717) is 22.6 Å². The molecule has 0 aliphatic rings. The molecule has 24 aromatic rings. The second-order valence-electron chi connectivity index (χ2n) is 33.6. The van der Waals surface area contributed by atoms with Crippen LogP contribution >= 0.6 is 0 Å². The van der Waals surface area contributed by atoms with Crippen LogP contribution in [0.3, 0.4) is 0 Å². The van der Waals surface area contributed by atoms with Crippen molar-refractivity contribution in [3.05, 3.63) is 436 Å². The Morgan fingerprint density at radius 3 is 0.782 bits per heavy atom. The van der Waals surface area contributed by atoms with Crippen LogP contribution in [0.1, 0.15) is 58.5 Å². The predicted molar refractivity (Wildman–Crippen MR) is 528 cm³/mol. The molecule has 3 heterocycles. The van der Waals surface area contributed by atoms with Crippen molar-refractivity contribution in [3.8, 4) is 100 Å². The second kappa shape index (κ2) is 31.0. The van der Waals surface area contributed by atoms with E-state index in [1.54, 1.807) is 6.07 Å². The van der Waals surface area contributed by atoms with Crippen LogP contribution in [0, 0.1) is 0 Å². The molecular formula is C121H86O3. The molecule has 0 aliphatic heterocycles. The first-order valence-electron chi connectivity index (χ1n) is 45.2. The van der Waals surface area contributed by atoms with Crippen LogP contribution in [0.5, 0.6) is 0 Å². The van der Waals surface area contributed by atoms with Gasteiger partial charge in [0.15, 0.2) is 0 Å². The van der Waals surface area contributed by atoms with Gasteiger partial charge in [-0.25, -0.2) is 0 Å². The summed E-state index contributed by atoms with van der Waals surface area (Å²) in [5.74, 6) is 0.465. The minimum absolute atomic E-state index is 0.0684. The Morgan fingerprint density at radius 2 is 0.468 bits per heavy atom.